The Labute approximate surface area is 153 Å². The summed E-state index contributed by atoms with van der Waals surface area (Å²) in [6.07, 6.45) is 1.08. The summed E-state index contributed by atoms with van der Waals surface area (Å²) in [5.74, 6) is 0.741. The van der Waals surface area contributed by atoms with Crippen molar-refractivity contribution in [2.75, 3.05) is 33.2 Å². The Bertz CT molecular complexity index is 792. The number of rotatable bonds is 6. The molecule has 10 heteroatoms. The van der Waals surface area contributed by atoms with Crippen molar-refractivity contribution in [2.24, 2.45) is 10.4 Å². The van der Waals surface area contributed by atoms with E-state index in [9.17, 15) is 18.5 Å². The van der Waals surface area contributed by atoms with Gasteiger partial charge in [0, 0.05) is 45.4 Å². The van der Waals surface area contributed by atoms with Gasteiger partial charge in [0.15, 0.2) is 5.96 Å². The topological polar surface area (TPSA) is 117 Å². The minimum absolute atomic E-state index is 0.127. The number of nitro groups is 1. The van der Waals surface area contributed by atoms with E-state index in [4.69, 9.17) is 0 Å². The minimum atomic E-state index is -3.81. The van der Waals surface area contributed by atoms with Crippen molar-refractivity contribution in [3.05, 3.63) is 34.4 Å². The molecule has 2 rings (SSSR count). The van der Waals surface area contributed by atoms with Gasteiger partial charge in [0.05, 0.1) is 9.82 Å². The predicted molar refractivity (Wildman–Crippen MR) is 99.6 cm³/mol. The second-order valence-electron chi connectivity index (χ2n) is 6.96. The number of aliphatic imine (C=N–C) groups is 1. The van der Waals surface area contributed by atoms with Crippen LogP contribution in [-0.4, -0.2) is 57.4 Å². The molecular weight excluding hydrogens is 358 g/mol. The number of nitro benzene ring substituents is 1. The van der Waals surface area contributed by atoms with E-state index in [1.807, 2.05) is 0 Å². The lowest BCUT2D eigenvalue weighted by molar-refractivity contribution is -0.385. The molecule has 0 radical (unpaired) electrons. The lowest BCUT2D eigenvalue weighted by Crippen LogP contribution is -2.43. The van der Waals surface area contributed by atoms with Gasteiger partial charge in [0.1, 0.15) is 0 Å². The fourth-order valence-electron chi connectivity index (χ4n) is 2.83. The molecule has 0 unspecified atom stereocenters. The summed E-state index contributed by atoms with van der Waals surface area (Å²) < 4.78 is 27.0. The van der Waals surface area contributed by atoms with Crippen LogP contribution in [0.1, 0.15) is 20.3 Å². The maximum Gasteiger partial charge on any atom is 0.270 e. The molecule has 1 saturated heterocycles. The lowest BCUT2D eigenvalue weighted by atomic mass is 9.93. The van der Waals surface area contributed by atoms with E-state index in [2.05, 4.69) is 33.8 Å². The number of nitrogens with one attached hydrogen (secondary N) is 2. The largest absolute Gasteiger partial charge is 0.355 e. The molecule has 0 amide bonds. The number of sulfonamides is 1. The number of benzene rings is 1. The van der Waals surface area contributed by atoms with Crippen molar-refractivity contribution in [1.29, 1.82) is 0 Å². The summed E-state index contributed by atoms with van der Waals surface area (Å²) in [6, 6.07) is 4.97. The molecule has 0 spiro atoms. The van der Waals surface area contributed by atoms with Crippen molar-refractivity contribution >= 4 is 21.7 Å². The minimum Gasteiger partial charge on any atom is -0.355 e. The average Bonchev–Trinajstić information content (AvgIpc) is 2.94. The van der Waals surface area contributed by atoms with Crippen molar-refractivity contribution in [1.82, 2.24) is 14.9 Å². The zero-order valence-electron chi connectivity index (χ0n) is 15.2. The second kappa shape index (κ2) is 8.00. The standard InChI is InChI=1S/C16H25N5O4S/c1-16(2)7-10-20(12-16)15(17-3)18-8-9-19-26(24,25)14-6-4-5-13(11-14)21(22)23/h4-6,11,19H,7-10,12H2,1-3H3,(H,17,18). The maximum absolute atomic E-state index is 12.3. The highest BCUT2D eigenvalue weighted by atomic mass is 32.2. The van der Waals surface area contributed by atoms with Crippen LogP contribution in [0.4, 0.5) is 5.69 Å². The van der Waals surface area contributed by atoms with E-state index in [1.54, 1.807) is 7.05 Å². The van der Waals surface area contributed by atoms with E-state index in [1.165, 1.54) is 18.2 Å². The molecule has 2 N–H and O–H groups in total. The normalized spacial score (nSPS) is 17.3. The smallest absolute Gasteiger partial charge is 0.270 e. The van der Waals surface area contributed by atoms with Gasteiger partial charge in [0.2, 0.25) is 10.0 Å². The molecule has 0 bridgehead atoms. The van der Waals surface area contributed by atoms with Crippen LogP contribution in [0.25, 0.3) is 0 Å². The van der Waals surface area contributed by atoms with Crippen LogP contribution in [0.5, 0.6) is 0 Å². The van der Waals surface area contributed by atoms with Gasteiger partial charge >= 0.3 is 0 Å². The Hall–Kier alpha value is -2.20. The number of non-ortho nitro benzene ring substituents is 1. The van der Waals surface area contributed by atoms with Gasteiger partial charge in [-0.15, -0.1) is 0 Å². The Morgan fingerprint density at radius 1 is 1.38 bits per heavy atom. The molecule has 0 saturated carbocycles. The monoisotopic (exact) mass is 383 g/mol. The number of hydrogen-bond acceptors (Lipinski definition) is 5. The summed E-state index contributed by atoms with van der Waals surface area (Å²) in [7, 11) is -2.11. The van der Waals surface area contributed by atoms with Gasteiger partial charge in [0.25, 0.3) is 5.69 Å². The highest BCUT2D eigenvalue weighted by Crippen LogP contribution is 2.28. The second-order valence-corrected chi connectivity index (χ2v) is 8.73. The van der Waals surface area contributed by atoms with Gasteiger partial charge in [-0.25, -0.2) is 13.1 Å². The third-order valence-electron chi connectivity index (χ3n) is 4.23. The van der Waals surface area contributed by atoms with Crippen molar-refractivity contribution in [3.63, 3.8) is 0 Å². The summed E-state index contributed by atoms with van der Waals surface area (Å²) >= 11 is 0. The van der Waals surface area contributed by atoms with E-state index in [0.717, 1.165) is 31.5 Å². The van der Waals surface area contributed by atoms with Crippen LogP contribution in [0, 0.1) is 15.5 Å². The summed E-state index contributed by atoms with van der Waals surface area (Å²) in [4.78, 5) is 16.4. The number of hydrogen-bond donors (Lipinski definition) is 2. The fourth-order valence-corrected chi connectivity index (χ4v) is 3.90. The zero-order valence-corrected chi connectivity index (χ0v) is 16.0. The van der Waals surface area contributed by atoms with E-state index >= 15 is 0 Å². The van der Waals surface area contributed by atoms with Crippen LogP contribution in [0.3, 0.4) is 0 Å². The van der Waals surface area contributed by atoms with Crippen molar-refractivity contribution in [2.45, 2.75) is 25.2 Å². The highest BCUT2D eigenvalue weighted by molar-refractivity contribution is 7.89. The number of nitrogens with zero attached hydrogens (tertiary/aromatic N) is 3. The van der Waals surface area contributed by atoms with Crippen molar-refractivity contribution < 1.29 is 13.3 Å². The molecule has 1 aromatic carbocycles. The molecule has 9 nitrogen and oxygen atoms in total. The van der Waals surface area contributed by atoms with E-state index in [-0.39, 0.29) is 22.5 Å². The van der Waals surface area contributed by atoms with Crippen molar-refractivity contribution in [3.8, 4) is 0 Å². The predicted octanol–water partition coefficient (Wildman–Crippen LogP) is 1.18. The molecule has 1 aliphatic heterocycles. The van der Waals surface area contributed by atoms with Crippen LogP contribution >= 0.6 is 0 Å². The quantitative estimate of drug-likeness (QED) is 0.250. The molecule has 1 aliphatic rings. The molecule has 0 aliphatic carbocycles. The Kier molecular flexibility index (Phi) is 6.19. The fraction of sp³-hybridized carbons (Fsp3) is 0.562. The van der Waals surface area contributed by atoms with Gasteiger partial charge in [-0.05, 0) is 17.9 Å². The zero-order chi connectivity index (χ0) is 19.4. The summed E-state index contributed by atoms with van der Waals surface area (Å²) in [5.41, 5.74) is -0.0237. The average molecular weight is 383 g/mol. The Morgan fingerprint density at radius 2 is 2.12 bits per heavy atom. The van der Waals surface area contributed by atoms with Gasteiger partial charge in [-0.1, -0.05) is 19.9 Å². The van der Waals surface area contributed by atoms with Crippen LogP contribution in [-0.2, 0) is 10.0 Å². The van der Waals surface area contributed by atoms with Crippen LogP contribution < -0.4 is 10.0 Å². The molecular formula is C16H25N5O4S. The molecule has 144 valence electrons. The number of guanidine groups is 1. The molecule has 0 aromatic heterocycles. The lowest BCUT2D eigenvalue weighted by Gasteiger charge is -2.23. The maximum atomic E-state index is 12.3. The first-order valence-electron chi connectivity index (χ1n) is 8.34. The van der Waals surface area contributed by atoms with E-state index in [0.29, 0.717) is 6.54 Å². The first-order valence-corrected chi connectivity index (χ1v) is 9.83. The first-order chi connectivity index (χ1) is 12.1. The molecule has 0 atom stereocenters. The molecule has 1 heterocycles. The summed E-state index contributed by atoms with van der Waals surface area (Å²) in [6.45, 7) is 6.71. The van der Waals surface area contributed by atoms with Gasteiger partial charge in [-0.3, -0.25) is 15.1 Å². The molecule has 1 aromatic rings. The Balaban J connectivity index is 1.88. The summed E-state index contributed by atoms with van der Waals surface area (Å²) in [5, 5.41) is 13.9. The Morgan fingerprint density at radius 3 is 2.69 bits per heavy atom. The van der Waals surface area contributed by atoms with Crippen LogP contribution in [0.15, 0.2) is 34.2 Å². The molecule has 26 heavy (non-hydrogen) atoms. The third-order valence-corrected chi connectivity index (χ3v) is 5.69. The molecule has 1 fully saturated rings. The van der Waals surface area contributed by atoms with Gasteiger partial charge < -0.3 is 10.2 Å². The first kappa shape index (κ1) is 20.1. The van der Waals surface area contributed by atoms with E-state index < -0.39 is 14.9 Å². The highest BCUT2D eigenvalue weighted by Gasteiger charge is 2.30. The van der Waals surface area contributed by atoms with Gasteiger partial charge in [-0.2, -0.15) is 0 Å². The number of likely N-dealkylation sites (tertiary alicyclic amines) is 1. The third kappa shape index (κ3) is 5.15. The SMILES string of the molecule is CN=C(NCCNS(=O)(=O)c1cccc([N+](=O)[O-])c1)N1CCC(C)(C)C1. The van der Waals surface area contributed by atoms with Crippen LogP contribution in [0.2, 0.25) is 0 Å².